The summed E-state index contributed by atoms with van der Waals surface area (Å²) in [5.74, 6) is -0.0671. The molecule has 3 rings (SSSR count). The van der Waals surface area contributed by atoms with Crippen LogP contribution in [0.25, 0.3) is 0 Å². The topological polar surface area (TPSA) is 98.7 Å². The van der Waals surface area contributed by atoms with Crippen molar-refractivity contribution in [3.8, 4) is 11.5 Å². The molecule has 25 heavy (non-hydrogen) atoms. The van der Waals surface area contributed by atoms with Gasteiger partial charge in [0, 0.05) is 17.7 Å². The highest BCUT2D eigenvalue weighted by molar-refractivity contribution is 5.99. The lowest BCUT2D eigenvalue weighted by atomic mass is 10.0. The zero-order chi connectivity index (χ0) is 17.8. The average molecular weight is 340 g/mol. The number of ketones is 1. The summed E-state index contributed by atoms with van der Waals surface area (Å²) in [5.41, 5.74) is 2.48. The van der Waals surface area contributed by atoms with E-state index in [4.69, 9.17) is 0 Å². The molecule has 0 aromatic heterocycles. The van der Waals surface area contributed by atoms with Crippen molar-refractivity contribution >= 4 is 17.5 Å². The van der Waals surface area contributed by atoms with Gasteiger partial charge in [0.15, 0.2) is 5.78 Å². The molecule has 4 N–H and O–H groups in total. The van der Waals surface area contributed by atoms with Gasteiger partial charge in [-0.3, -0.25) is 4.79 Å². The van der Waals surface area contributed by atoms with E-state index in [0.29, 0.717) is 17.7 Å². The van der Waals surface area contributed by atoms with Crippen molar-refractivity contribution in [3.05, 3.63) is 53.1 Å². The normalized spacial score (nSPS) is 13.7. The largest absolute Gasteiger partial charge is 0.507 e. The van der Waals surface area contributed by atoms with E-state index in [-0.39, 0.29) is 29.4 Å². The Balaban J connectivity index is 1.66. The van der Waals surface area contributed by atoms with Crippen molar-refractivity contribution in [1.29, 1.82) is 0 Å². The van der Waals surface area contributed by atoms with Crippen molar-refractivity contribution in [1.82, 2.24) is 5.32 Å². The molecule has 1 aliphatic carbocycles. The van der Waals surface area contributed by atoms with E-state index in [1.807, 2.05) is 6.07 Å². The molecule has 130 valence electrons. The van der Waals surface area contributed by atoms with Crippen LogP contribution in [0.2, 0.25) is 0 Å². The fourth-order valence-corrected chi connectivity index (χ4v) is 2.96. The van der Waals surface area contributed by atoms with Gasteiger partial charge >= 0.3 is 6.03 Å². The minimum absolute atomic E-state index is 0.0196. The number of carbonyl (C=O) groups excluding carboxylic acids is 2. The molecule has 6 nitrogen and oxygen atoms in total. The molecule has 2 aromatic carbocycles. The van der Waals surface area contributed by atoms with E-state index in [9.17, 15) is 19.8 Å². The number of phenolic OH excluding ortho intramolecular Hbond substituents is 2. The fourth-order valence-electron chi connectivity index (χ4n) is 2.96. The van der Waals surface area contributed by atoms with Gasteiger partial charge < -0.3 is 20.8 Å². The van der Waals surface area contributed by atoms with Crippen molar-refractivity contribution in [3.63, 3.8) is 0 Å². The molecule has 0 saturated heterocycles. The molecule has 1 aliphatic rings. The number of aromatic hydroxyl groups is 2. The molecule has 0 spiro atoms. The minimum atomic E-state index is -0.483. The van der Waals surface area contributed by atoms with Gasteiger partial charge in [0.25, 0.3) is 0 Å². The lowest BCUT2D eigenvalue weighted by Crippen LogP contribution is -2.28. The molecular weight excluding hydrogens is 320 g/mol. The maximum atomic E-state index is 12.1. The smallest absolute Gasteiger partial charge is 0.319 e. The number of anilines is 1. The highest BCUT2D eigenvalue weighted by Crippen LogP contribution is 2.26. The molecule has 0 heterocycles. The van der Waals surface area contributed by atoms with Crippen molar-refractivity contribution in [2.45, 2.75) is 32.2 Å². The molecule has 6 heteroatoms. The van der Waals surface area contributed by atoms with E-state index < -0.39 is 6.03 Å². The van der Waals surface area contributed by atoms with Crippen LogP contribution in [0, 0.1) is 0 Å². The number of urea groups is 1. The number of carbonyl (C=O) groups is 2. The number of rotatable bonds is 3. The number of phenols is 2. The molecule has 0 aliphatic heterocycles. The Morgan fingerprint density at radius 3 is 2.52 bits per heavy atom. The first kappa shape index (κ1) is 16.8. The van der Waals surface area contributed by atoms with Gasteiger partial charge in [0.05, 0.1) is 12.1 Å². The van der Waals surface area contributed by atoms with Crippen molar-refractivity contribution < 1.29 is 19.8 Å². The number of Topliss-reactive ketones (excluding diaryl/α,β-unsaturated/α-hetero) is 1. The number of hydrogen-bond acceptors (Lipinski definition) is 4. The lowest BCUT2D eigenvalue weighted by Gasteiger charge is -2.12. The Bertz CT molecular complexity index is 797. The second-order valence-corrected chi connectivity index (χ2v) is 6.08. The summed E-state index contributed by atoms with van der Waals surface area (Å²) in [6.45, 7) is -0.0196. The summed E-state index contributed by atoms with van der Waals surface area (Å²) in [6, 6.07) is 9.27. The number of amides is 2. The highest BCUT2D eigenvalue weighted by Gasteiger charge is 2.16. The first-order valence-corrected chi connectivity index (χ1v) is 8.25. The Morgan fingerprint density at radius 2 is 1.76 bits per heavy atom. The molecule has 2 amide bonds. The second-order valence-electron chi connectivity index (χ2n) is 6.08. The number of nitrogens with one attached hydrogen (secondary N) is 2. The van der Waals surface area contributed by atoms with E-state index in [1.165, 1.54) is 18.2 Å². The molecule has 0 fully saturated rings. The second kappa shape index (κ2) is 7.25. The van der Waals surface area contributed by atoms with Gasteiger partial charge in [-0.25, -0.2) is 4.79 Å². The average Bonchev–Trinajstić information content (AvgIpc) is 2.76. The van der Waals surface area contributed by atoms with Crippen LogP contribution in [-0.2, 0) is 13.0 Å². The summed E-state index contributed by atoms with van der Waals surface area (Å²) < 4.78 is 0. The first-order valence-electron chi connectivity index (χ1n) is 8.25. The first-order chi connectivity index (χ1) is 12.0. The number of hydrogen-bond donors (Lipinski definition) is 4. The summed E-state index contributed by atoms with van der Waals surface area (Å²) in [5, 5.41) is 24.7. The number of benzene rings is 2. The molecule has 0 unspecified atom stereocenters. The number of aryl methyl sites for hydroxylation is 1. The summed E-state index contributed by atoms with van der Waals surface area (Å²) in [7, 11) is 0. The molecule has 0 bridgehead atoms. The van der Waals surface area contributed by atoms with Gasteiger partial charge in [-0.05, 0) is 49.1 Å². The van der Waals surface area contributed by atoms with Crippen LogP contribution in [0.15, 0.2) is 36.4 Å². The zero-order valence-electron chi connectivity index (χ0n) is 13.7. The SMILES string of the molecule is O=C(NCc1c(O)cccc1O)Nc1ccc2c(c1)C(=O)CCCC2. The maximum absolute atomic E-state index is 12.1. The highest BCUT2D eigenvalue weighted by atomic mass is 16.3. The Hall–Kier alpha value is -3.02. The monoisotopic (exact) mass is 340 g/mol. The van der Waals surface area contributed by atoms with Gasteiger partial charge in [-0.15, -0.1) is 0 Å². The van der Waals surface area contributed by atoms with E-state index in [0.717, 1.165) is 24.8 Å². The Labute approximate surface area is 145 Å². The van der Waals surface area contributed by atoms with E-state index >= 15 is 0 Å². The van der Waals surface area contributed by atoms with Gasteiger partial charge in [0.1, 0.15) is 11.5 Å². The predicted octanol–water partition coefficient (Wildman–Crippen LogP) is 3.33. The summed E-state index contributed by atoms with van der Waals surface area (Å²) >= 11 is 0. The third kappa shape index (κ3) is 3.91. The molecule has 2 aromatic rings. The standard InChI is InChI=1S/C19H20N2O4/c22-16-5-2-1-4-12-8-9-13(10-14(12)16)21-19(25)20-11-15-17(23)6-3-7-18(15)24/h3,6-10,23-24H,1-2,4-5,11H2,(H2,20,21,25). The Morgan fingerprint density at radius 1 is 1.04 bits per heavy atom. The Kier molecular flexibility index (Phi) is 4.88. The van der Waals surface area contributed by atoms with Crippen LogP contribution in [-0.4, -0.2) is 22.0 Å². The van der Waals surface area contributed by atoms with Crippen molar-refractivity contribution in [2.24, 2.45) is 0 Å². The van der Waals surface area contributed by atoms with Gasteiger partial charge in [-0.2, -0.15) is 0 Å². The van der Waals surface area contributed by atoms with Gasteiger partial charge in [0.2, 0.25) is 0 Å². The minimum Gasteiger partial charge on any atom is -0.507 e. The van der Waals surface area contributed by atoms with Crippen LogP contribution in [0.1, 0.15) is 40.7 Å². The van der Waals surface area contributed by atoms with Crippen molar-refractivity contribution in [2.75, 3.05) is 5.32 Å². The molecular formula is C19H20N2O4. The van der Waals surface area contributed by atoms with Crippen LogP contribution >= 0.6 is 0 Å². The predicted molar refractivity (Wildman–Crippen MR) is 94.0 cm³/mol. The van der Waals surface area contributed by atoms with E-state index in [2.05, 4.69) is 10.6 Å². The van der Waals surface area contributed by atoms with Crippen LogP contribution in [0.4, 0.5) is 10.5 Å². The van der Waals surface area contributed by atoms with Gasteiger partial charge in [-0.1, -0.05) is 12.1 Å². The maximum Gasteiger partial charge on any atom is 0.319 e. The quantitative estimate of drug-likeness (QED) is 0.644. The fraction of sp³-hybridized carbons (Fsp3) is 0.263. The summed E-state index contributed by atoms with van der Waals surface area (Å²) in [4.78, 5) is 24.2. The van der Waals surface area contributed by atoms with Crippen LogP contribution in [0.5, 0.6) is 11.5 Å². The zero-order valence-corrected chi connectivity index (χ0v) is 13.7. The molecule has 0 saturated carbocycles. The molecule has 0 atom stereocenters. The van der Waals surface area contributed by atoms with Crippen LogP contribution in [0.3, 0.4) is 0 Å². The lowest BCUT2D eigenvalue weighted by molar-refractivity contribution is 0.0982. The molecule has 0 radical (unpaired) electrons. The third-order valence-electron chi connectivity index (χ3n) is 4.32. The number of fused-ring (bicyclic) bond motifs is 1. The van der Waals surface area contributed by atoms with Crippen LogP contribution < -0.4 is 10.6 Å². The van der Waals surface area contributed by atoms with E-state index in [1.54, 1.807) is 12.1 Å². The third-order valence-corrected chi connectivity index (χ3v) is 4.32. The summed E-state index contributed by atoms with van der Waals surface area (Å²) in [6.07, 6.45) is 3.30.